The number of imide groups is 2. The zero-order valence-corrected chi connectivity index (χ0v) is 15.3. The second-order valence-electron chi connectivity index (χ2n) is 5.60. The largest absolute Gasteiger partial charge is 1.00 e. The van der Waals surface area contributed by atoms with Crippen molar-refractivity contribution < 1.29 is 68.2 Å². The van der Waals surface area contributed by atoms with E-state index < -0.39 is 35.9 Å². The molecule has 2 fully saturated rings. The molecule has 150 valence electrons. The number of nitrogens with zero attached hydrogens (tertiary/aromatic N) is 2. The summed E-state index contributed by atoms with van der Waals surface area (Å²) >= 11 is 0. The van der Waals surface area contributed by atoms with Gasteiger partial charge in [-0.2, -0.15) is 0 Å². The SMILES string of the molecule is O=C(OCCCCCOC(=O)ON1C(=O)CCC1=O)ON1C(=O)CCC1=O.[H-].[Li+]. The quantitative estimate of drug-likeness (QED) is 0.191. The van der Waals surface area contributed by atoms with E-state index in [0.717, 1.165) is 0 Å². The molecule has 0 spiro atoms. The normalized spacial score (nSPS) is 16.1. The van der Waals surface area contributed by atoms with Gasteiger partial charge in [-0.05, 0) is 19.3 Å². The van der Waals surface area contributed by atoms with Crippen molar-refractivity contribution in [1.29, 1.82) is 0 Å². The molecule has 0 aromatic heterocycles. The molecule has 2 saturated heterocycles. The van der Waals surface area contributed by atoms with Gasteiger partial charge in [-0.25, -0.2) is 9.59 Å². The Balaban J connectivity index is 0.00000392. The van der Waals surface area contributed by atoms with Crippen LogP contribution in [-0.4, -0.2) is 59.3 Å². The average Bonchev–Trinajstić information content (AvgIpc) is 3.11. The molecule has 28 heavy (non-hydrogen) atoms. The first kappa shape index (κ1) is 23.5. The van der Waals surface area contributed by atoms with Crippen LogP contribution in [0.2, 0.25) is 0 Å². The Morgan fingerprint density at radius 1 is 0.679 bits per heavy atom. The summed E-state index contributed by atoms with van der Waals surface area (Å²) in [5, 5.41) is 0.773. The minimum Gasteiger partial charge on any atom is -1.00 e. The van der Waals surface area contributed by atoms with Crippen molar-refractivity contribution in [3.8, 4) is 0 Å². The minimum atomic E-state index is -1.15. The van der Waals surface area contributed by atoms with Crippen LogP contribution < -0.4 is 18.9 Å². The van der Waals surface area contributed by atoms with Crippen LogP contribution >= 0.6 is 0 Å². The molecule has 2 heterocycles. The third-order valence-corrected chi connectivity index (χ3v) is 3.57. The zero-order chi connectivity index (χ0) is 19.8. The molecule has 0 aromatic rings. The molecular formula is C15H19LiN2O10. The van der Waals surface area contributed by atoms with Gasteiger partial charge in [0.1, 0.15) is 0 Å². The van der Waals surface area contributed by atoms with Gasteiger partial charge in [0.2, 0.25) is 0 Å². The van der Waals surface area contributed by atoms with E-state index in [2.05, 4.69) is 9.68 Å². The van der Waals surface area contributed by atoms with Crippen LogP contribution in [0.15, 0.2) is 0 Å². The maximum atomic E-state index is 11.3. The fourth-order valence-corrected chi connectivity index (χ4v) is 2.21. The number of carbonyl (C=O) groups is 6. The molecule has 13 heteroatoms. The topological polar surface area (TPSA) is 146 Å². The van der Waals surface area contributed by atoms with Gasteiger partial charge in [0, 0.05) is 25.7 Å². The molecule has 0 bridgehead atoms. The van der Waals surface area contributed by atoms with Crippen LogP contribution in [0.3, 0.4) is 0 Å². The molecule has 12 nitrogen and oxygen atoms in total. The molecule has 0 aliphatic carbocycles. The van der Waals surface area contributed by atoms with Crippen LogP contribution in [0, 0.1) is 0 Å². The predicted octanol–water partition coefficient (Wildman–Crippen LogP) is -2.29. The molecule has 0 saturated carbocycles. The summed E-state index contributed by atoms with van der Waals surface area (Å²) in [4.78, 5) is 76.7. The van der Waals surface area contributed by atoms with Crippen LogP contribution in [0.4, 0.5) is 9.59 Å². The number of amides is 4. The summed E-state index contributed by atoms with van der Waals surface area (Å²) < 4.78 is 9.44. The van der Waals surface area contributed by atoms with Crippen molar-refractivity contribution in [3.05, 3.63) is 0 Å². The van der Waals surface area contributed by atoms with Gasteiger partial charge in [-0.3, -0.25) is 28.9 Å². The Morgan fingerprint density at radius 2 is 1.00 bits per heavy atom. The third-order valence-electron chi connectivity index (χ3n) is 3.57. The van der Waals surface area contributed by atoms with E-state index in [1.165, 1.54) is 0 Å². The minimum absolute atomic E-state index is 0. The Morgan fingerprint density at radius 3 is 1.32 bits per heavy atom. The van der Waals surface area contributed by atoms with Crippen molar-refractivity contribution >= 4 is 35.9 Å². The molecule has 0 atom stereocenters. The molecule has 2 aliphatic rings. The summed E-state index contributed by atoms with van der Waals surface area (Å²) in [7, 11) is 0. The second-order valence-corrected chi connectivity index (χ2v) is 5.60. The van der Waals surface area contributed by atoms with Gasteiger partial charge < -0.3 is 10.9 Å². The van der Waals surface area contributed by atoms with Crippen molar-refractivity contribution in [1.82, 2.24) is 10.1 Å². The number of ether oxygens (including phenoxy) is 2. The van der Waals surface area contributed by atoms with Gasteiger partial charge in [-0.1, -0.05) is 10.1 Å². The van der Waals surface area contributed by atoms with Gasteiger partial charge in [0.15, 0.2) is 0 Å². The third kappa shape index (κ3) is 6.86. The molecule has 4 amide bonds. The summed E-state index contributed by atoms with van der Waals surface area (Å²) in [5.74, 6) is -2.40. The maximum Gasteiger partial charge on any atom is 1.00 e. The number of carbonyl (C=O) groups excluding carboxylic acids is 6. The monoisotopic (exact) mass is 394 g/mol. The molecule has 0 N–H and O–H groups in total. The molecule has 2 aliphatic heterocycles. The Labute approximate surface area is 172 Å². The molecule has 2 rings (SSSR count). The fraction of sp³-hybridized carbons (Fsp3) is 0.600. The van der Waals surface area contributed by atoms with Gasteiger partial charge in [0.05, 0.1) is 13.2 Å². The van der Waals surface area contributed by atoms with Crippen molar-refractivity contribution in [3.63, 3.8) is 0 Å². The van der Waals surface area contributed by atoms with E-state index in [-0.39, 0.29) is 59.2 Å². The zero-order valence-electron chi connectivity index (χ0n) is 16.3. The van der Waals surface area contributed by atoms with Crippen molar-refractivity contribution in [2.24, 2.45) is 0 Å². The van der Waals surface area contributed by atoms with Gasteiger partial charge in [0.25, 0.3) is 23.6 Å². The average molecular weight is 394 g/mol. The van der Waals surface area contributed by atoms with E-state index in [9.17, 15) is 28.8 Å². The van der Waals surface area contributed by atoms with E-state index in [1.54, 1.807) is 0 Å². The first-order valence-corrected chi connectivity index (χ1v) is 8.29. The fourth-order valence-electron chi connectivity index (χ4n) is 2.21. The molecular weight excluding hydrogens is 375 g/mol. The number of hydrogen-bond acceptors (Lipinski definition) is 10. The second kappa shape index (κ2) is 11.3. The smallest absolute Gasteiger partial charge is 1.00 e. The summed E-state index contributed by atoms with van der Waals surface area (Å²) in [6, 6.07) is 0. The Kier molecular flexibility index (Phi) is 9.47. The van der Waals surface area contributed by atoms with E-state index in [0.29, 0.717) is 29.4 Å². The molecule has 0 radical (unpaired) electrons. The van der Waals surface area contributed by atoms with Crippen molar-refractivity contribution in [2.45, 2.75) is 44.9 Å². The Bertz CT molecular complexity index is 573. The standard InChI is InChI=1S/C15H18N2O10.Li.H/c18-10-4-5-11(19)16(10)26-14(22)24-8-2-1-3-9-25-15(23)27-17-12(20)6-7-13(17)21;;/h1-9H2;;/q;+1;-1. The van der Waals surface area contributed by atoms with Crippen molar-refractivity contribution in [2.75, 3.05) is 13.2 Å². The molecule has 0 unspecified atom stereocenters. The first-order chi connectivity index (χ1) is 12.9. The summed E-state index contributed by atoms with van der Waals surface area (Å²) in [6.07, 6.45) is -0.982. The van der Waals surface area contributed by atoms with E-state index in [1.807, 2.05) is 0 Å². The summed E-state index contributed by atoms with van der Waals surface area (Å²) in [6.45, 7) is -0.0352. The predicted molar refractivity (Wildman–Crippen MR) is 82.0 cm³/mol. The summed E-state index contributed by atoms with van der Waals surface area (Å²) in [5.41, 5.74) is 0. The van der Waals surface area contributed by atoms with E-state index in [4.69, 9.17) is 9.47 Å². The van der Waals surface area contributed by atoms with E-state index >= 15 is 0 Å². The molecule has 0 aromatic carbocycles. The van der Waals surface area contributed by atoms with Crippen LogP contribution in [0.25, 0.3) is 0 Å². The number of hydrogen-bond donors (Lipinski definition) is 0. The first-order valence-electron chi connectivity index (χ1n) is 8.29. The van der Waals surface area contributed by atoms with Crippen LogP contribution in [0.1, 0.15) is 46.4 Å². The Hall–Kier alpha value is -2.58. The van der Waals surface area contributed by atoms with Gasteiger partial charge in [-0.15, -0.1) is 0 Å². The number of rotatable bonds is 8. The number of unbranched alkanes of at least 4 members (excludes halogenated alkanes) is 2. The van der Waals surface area contributed by atoms with Crippen LogP contribution in [-0.2, 0) is 38.3 Å². The number of hydroxylamine groups is 4. The van der Waals surface area contributed by atoms with Gasteiger partial charge >= 0.3 is 31.2 Å². The maximum absolute atomic E-state index is 11.3. The van der Waals surface area contributed by atoms with Crippen LogP contribution in [0.5, 0.6) is 0 Å².